The highest BCUT2D eigenvalue weighted by Gasteiger charge is 2.38. The summed E-state index contributed by atoms with van der Waals surface area (Å²) in [6, 6.07) is 9.07. The van der Waals surface area contributed by atoms with Gasteiger partial charge in [0.2, 0.25) is 0 Å². The number of benzene rings is 1. The average Bonchev–Trinajstić information content (AvgIpc) is 2.63. The first-order chi connectivity index (χ1) is 8.19. The van der Waals surface area contributed by atoms with Crippen molar-refractivity contribution in [2.75, 3.05) is 0 Å². The third-order valence-corrected chi connectivity index (χ3v) is 8.51. The van der Waals surface area contributed by atoms with Crippen molar-refractivity contribution in [3.05, 3.63) is 35.0 Å². The van der Waals surface area contributed by atoms with Gasteiger partial charge in [0.05, 0.1) is 0 Å². The number of rotatable bonds is 1. The molecule has 90 valence electrons. The highest BCUT2D eigenvalue weighted by molar-refractivity contribution is 6.98. The molecule has 1 aromatic carbocycles. The number of hydrogen-bond donors (Lipinski definition) is 0. The van der Waals surface area contributed by atoms with Crippen LogP contribution in [0.5, 0.6) is 0 Å². The third kappa shape index (κ3) is 1.81. The molecule has 1 aromatic rings. The van der Waals surface area contributed by atoms with Crippen molar-refractivity contribution < 1.29 is 0 Å². The van der Waals surface area contributed by atoms with E-state index in [1.54, 1.807) is 5.19 Å². The van der Waals surface area contributed by atoms with Gasteiger partial charge in [0, 0.05) is 0 Å². The van der Waals surface area contributed by atoms with Crippen LogP contribution in [0.3, 0.4) is 0 Å². The highest BCUT2D eigenvalue weighted by Crippen LogP contribution is 2.38. The lowest BCUT2D eigenvalue weighted by molar-refractivity contribution is 0.413. The summed E-state index contributed by atoms with van der Waals surface area (Å²) in [4.78, 5) is 0. The summed E-state index contributed by atoms with van der Waals surface area (Å²) in [6.45, 7) is 5.08. The molecule has 1 heterocycles. The SMILES string of the molecule is C[Si]1(C)C(C2CCCCC2)=Cc2ccccc21. The summed E-state index contributed by atoms with van der Waals surface area (Å²) >= 11 is 0. The molecule has 0 bridgehead atoms. The molecule has 0 radical (unpaired) electrons. The Hall–Kier alpha value is -0.823. The van der Waals surface area contributed by atoms with E-state index in [0.29, 0.717) is 0 Å². The average molecular weight is 242 g/mol. The van der Waals surface area contributed by atoms with E-state index in [9.17, 15) is 0 Å². The Balaban J connectivity index is 1.97. The third-order valence-electron chi connectivity index (χ3n) is 4.71. The molecule has 17 heavy (non-hydrogen) atoms. The molecule has 0 atom stereocenters. The second-order valence-electron chi connectivity index (χ2n) is 6.15. The molecule has 0 nitrogen and oxygen atoms in total. The van der Waals surface area contributed by atoms with Crippen molar-refractivity contribution in [1.82, 2.24) is 0 Å². The van der Waals surface area contributed by atoms with Gasteiger partial charge in [-0.05, 0) is 29.5 Å². The molecule has 0 amide bonds. The fourth-order valence-electron chi connectivity index (χ4n) is 3.74. The Bertz CT molecular complexity index is 450. The predicted molar refractivity (Wildman–Crippen MR) is 78.1 cm³/mol. The van der Waals surface area contributed by atoms with Crippen LogP contribution in [0, 0.1) is 5.92 Å². The molecular weight excluding hydrogens is 220 g/mol. The van der Waals surface area contributed by atoms with Gasteiger partial charge in [-0.3, -0.25) is 0 Å². The first-order valence-corrected chi connectivity index (χ1v) is 10.0. The molecule has 1 aliphatic carbocycles. The van der Waals surface area contributed by atoms with Crippen molar-refractivity contribution in [2.45, 2.75) is 45.2 Å². The van der Waals surface area contributed by atoms with Gasteiger partial charge >= 0.3 is 0 Å². The molecule has 1 saturated carbocycles. The van der Waals surface area contributed by atoms with Gasteiger partial charge in [-0.1, -0.05) is 67.9 Å². The van der Waals surface area contributed by atoms with E-state index in [0.717, 1.165) is 5.92 Å². The Morgan fingerprint density at radius 2 is 1.71 bits per heavy atom. The van der Waals surface area contributed by atoms with Crippen LogP contribution in [-0.2, 0) is 0 Å². The molecule has 1 fully saturated rings. The molecule has 0 spiro atoms. The largest absolute Gasteiger partial charge is 0.108 e. The maximum Gasteiger partial charge on any atom is 0.108 e. The summed E-state index contributed by atoms with van der Waals surface area (Å²) in [5.41, 5.74) is 1.52. The van der Waals surface area contributed by atoms with Crippen molar-refractivity contribution in [2.24, 2.45) is 5.92 Å². The standard InChI is InChI=1S/C16H22Si/c1-17(2)15-11-7-6-10-14(15)12-16(17)13-8-4-3-5-9-13/h6-7,10-13H,3-5,8-9H2,1-2H3. The molecule has 1 heteroatoms. The number of fused-ring (bicyclic) bond motifs is 1. The number of hydrogen-bond acceptors (Lipinski definition) is 0. The molecule has 2 aliphatic rings. The second-order valence-corrected chi connectivity index (χ2v) is 10.5. The lowest BCUT2D eigenvalue weighted by Crippen LogP contribution is -2.43. The zero-order valence-corrected chi connectivity index (χ0v) is 12.0. The van der Waals surface area contributed by atoms with Crippen LogP contribution >= 0.6 is 0 Å². The minimum Gasteiger partial charge on any atom is -0.0724 e. The first kappa shape index (κ1) is 11.3. The zero-order chi connectivity index (χ0) is 11.9. The van der Waals surface area contributed by atoms with Crippen molar-refractivity contribution in [1.29, 1.82) is 0 Å². The van der Waals surface area contributed by atoms with Crippen molar-refractivity contribution in [3.63, 3.8) is 0 Å². The minimum atomic E-state index is -1.32. The maximum atomic E-state index is 2.54. The van der Waals surface area contributed by atoms with Gasteiger partial charge < -0.3 is 0 Å². The smallest absolute Gasteiger partial charge is 0.0724 e. The summed E-state index contributed by atoms with van der Waals surface area (Å²) in [6.07, 6.45) is 9.77. The Labute approximate surface area is 106 Å². The lowest BCUT2D eigenvalue weighted by atomic mass is 9.88. The fraction of sp³-hybridized carbons (Fsp3) is 0.500. The van der Waals surface area contributed by atoms with E-state index in [4.69, 9.17) is 0 Å². The molecular formula is C16H22Si. The van der Waals surface area contributed by atoms with Crippen LogP contribution in [0.2, 0.25) is 13.1 Å². The van der Waals surface area contributed by atoms with Gasteiger partial charge in [-0.25, -0.2) is 0 Å². The lowest BCUT2D eigenvalue weighted by Gasteiger charge is -2.31. The van der Waals surface area contributed by atoms with Crippen LogP contribution in [-0.4, -0.2) is 8.07 Å². The molecule has 1 aliphatic heterocycles. The van der Waals surface area contributed by atoms with Crippen molar-refractivity contribution >= 4 is 19.3 Å². The molecule has 0 saturated heterocycles. The van der Waals surface area contributed by atoms with Crippen LogP contribution in [0.4, 0.5) is 0 Å². The van der Waals surface area contributed by atoms with Crippen LogP contribution in [0.25, 0.3) is 6.08 Å². The van der Waals surface area contributed by atoms with Crippen LogP contribution in [0.15, 0.2) is 29.5 Å². The van der Waals surface area contributed by atoms with E-state index in [1.807, 2.05) is 5.20 Å². The summed E-state index contributed by atoms with van der Waals surface area (Å²) < 4.78 is 0. The first-order valence-electron chi connectivity index (χ1n) is 7.01. The minimum absolute atomic E-state index is 0.901. The zero-order valence-electron chi connectivity index (χ0n) is 11.0. The number of allylic oxidation sites excluding steroid dienone is 1. The fourth-order valence-corrected chi connectivity index (χ4v) is 7.26. The van der Waals surface area contributed by atoms with E-state index in [2.05, 4.69) is 43.4 Å². The van der Waals surface area contributed by atoms with Gasteiger partial charge in [-0.2, -0.15) is 0 Å². The summed E-state index contributed by atoms with van der Waals surface area (Å²) in [5, 5.41) is 3.50. The topological polar surface area (TPSA) is 0 Å². The summed E-state index contributed by atoms with van der Waals surface area (Å²) in [5.74, 6) is 0.901. The quantitative estimate of drug-likeness (QED) is 0.650. The molecule has 0 N–H and O–H groups in total. The Morgan fingerprint density at radius 1 is 1.00 bits per heavy atom. The maximum absolute atomic E-state index is 2.54. The van der Waals surface area contributed by atoms with Crippen LogP contribution in [0.1, 0.15) is 37.7 Å². The summed E-state index contributed by atoms with van der Waals surface area (Å²) in [7, 11) is -1.32. The predicted octanol–water partition coefficient (Wildman–Crippen LogP) is 4.12. The second kappa shape index (κ2) is 4.13. The van der Waals surface area contributed by atoms with Gasteiger partial charge in [0.1, 0.15) is 8.07 Å². The highest BCUT2D eigenvalue weighted by atomic mass is 28.3. The van der Waals surface area contributed by atoms with Gasteiger partial charge in [0.25, 0.3) is 0 Å². The van der Waals surface area contributed by atoms with E-state index >= 15 is 0 Å². The van der Waals surface area contributed by atoms with Crippen LogP contribution < -0.4 is 5.19 Å². The molecule has 0 unspecified atom stereocenters. The Kier molecular flexibility index (Phi) is 2.74. The monoisotopic (exact) mass is 242 g/mol. The Morgan fingerprint density at radius 3 is 2.41 bits per heavy atom. The van der Waals surface area contributed by atoms with E-state index in [1.165, 1.54) is 37.7 Å². The normalized spacial score (nSPS) is 23.3. The molecule has 3 rings (SSSR count). The van der Waals surface area contributed by atoms with Gasteiger partial charge in [-0.15, -0.1) is 0 Å². The molecule has 0 aromatic heterocycles. The van der Waals surface area contributed by atoms with Gasteiger partial charge in [0.15, 0.2) is 0 Å². The van der Waals surface area contributed by atoms with E-state index in [-0.39, 0.29) is 0 Å². The van der Waals surface area contributed by atoms with Crippen molar-refractivity contribution in [3.8, 4) is 0 Å². The van der Waals surface area contributed by atoms with E-state index < -0.39 is 8.07 Å².